The molecule has 2 atom stereocenters. The number of carbonyl (C=O) groups excluding carboxylic acids is 1. The van der Waals surface area contributed by atoms with Crippen LogP contribution in [-0.4, -0.2) is 40.3 Å². The van der Waals surface area contributed by atoms with E-state index in [9.17, 15) is 4.79 Å². The highest BCUT2D eigenvalue weighted by molar-refractivity contribution is 5.79. The summed E-state index contributed by atoms with van der Waals surface area (Å²) in [5.74, 6) is 0.264. The largest absolute Gasteiger partial charge is 0.379 e. The van der Waals surface area contributed by atoms with Gasteiger partial charge in [0.25, 0.3) is 0 Å². The second kappa shape index (κ2) is 4.37. The predicted octanol–water partition coefficient (Wildman–Crippen LogP) is -1.61. The number of hydrogen-bond donors (Lipinski definition) is 3. The minimum Gasteiger partial charge on any atom is -0.379 e. The highest BCUT2D eigenvalue weighted by Crippen LogP contribution is 2.11. The quantitative estimate of drug-likeness (QED) is 0.558. The third-order valence-corrected chi connectivity index (χ3v) is 2.36. The Morgan fingerprint density at radius 3 is 3.20 bits per heavy atom. The number of aromatic nitrogens is 3. The van der Waals surface area contributed by atoms with Crippen molar-refractivity contribution in [3.8, 4) is 0 Å². The fourth-order valence-corrected chi connectivity index (χ4v) is 1.46. The van der Waals surface area contributed by atoms with Crippen molar-refractivity contribution in [1.29, 1.82) is 0 Å². The number of carbonyl (C=O) groups is 1. The lowest BCUT2D eigenvalue weighted by Gasteiger charge is -2.12. The average molecular weight is 211 g/mol. The Bertz CT molecular complexity index is 326. The van der Waals surface area contributed by atoms with E-state index in [0.29, 0.717) is 25.6 Å². The van der Waals surface area contributed by atoms with Gasteiger partial charge in [0.05, 0.1) is 25.7 Å². The van der Waals surface area contributed by atoms with Crippen LogP contribution in [0.25, 0.3) is 0 Å². The van der Waals surface area contributed by atoms with Crippen LogP contribution in [0.4, 0.5) is 0 Å². The molecule has 1 aliphatic rings. The molecule has 0 bridgehead atoms. The van der Waals surface area contributed by atoms with Crippen LogP contribution in [0.15, 0.2) is 6.33 Å². The van der Waals surface area contributed by atoms with E-state index < -0.39 is 0 Å². The van der Waals surface area contributed by atoms with Crippen molar-refractivity contribution >= 4 is 5.91 Å². The summed E-state index contributed by atoms with van der Waals surface area (Å²) in [7, 11) is 0. The standard InChI is InChI=1S/C8H13N5O2/c9-6-3-15-2-5(6)8(14)10-1-7-11-4-12-13-7/h4-6H,1-3,9H2,(H,10,14)(H,11,12,13). The first-order valence-electron chi connectivity index (χ1n) is 4.72. The second-order valence-corrected chi connectivity index (χ2v) is 3.46. The van der Waals surface area contributed by atoms with Gasteiger partial charge in [-0.15, -0.1) is 0 Å². The Morgan fingerprint density at radius 1 is 1.73 bits per heavy atom. The Morgan fingerprint density at radius 2 is 2.60 bits per heavy atom. The molecular formula is C8H13N5O2. The summed E-state index contributed by atoms with van der Waals surface area (Å²) in [6, 6.07) is -0.209. The van der Waals surface area contributed by atoms with Gasteiger partial charge in [-0.25, -0.2) is 4.98 Å². The Balaban J connectivity index is 1.82. The molecule has 0 radical (unpaired) electrons. The number of nitrogens with zero attached hydrogens (tertiary/aromatic N) is 2. The van der Waals surface area contributed by atoms with Crippen molar-refractivity contribution in [1.82, 2.24) is 20.5 Å². The van der Waals surface area contributed by atoms with Gasteiger partial charge in [0.2, 0.25) is 5.91 Å². The monoisotopic (exact) mass is 211 g/mol. The Kier molecular flexibility index (Phi) is 2.93. The summed E-state index contributed by atoms with van der Waals surface area (Å²) >= 11 is 0. The highest BCUT2D eigenvalue weighted by atomic mass is 16.5. The first-order valence-corrected chi connectivity index (χ1v) is 4.72. The van der Waals surface area contributed by atoms with E-state index in [0.717, 1.165) is 0 Å². The number of amides is 1. The van der Waals surface area contributed by atoms with Gasteiger partial charge in [-0.2, -0.15) is 5.10 Å². The van der Waals surface area contributed by atoms with Crippen LogP contribution in [0.3, 0.4) is 0 Å². The summed E-state index contributed by atoms with van der Waals surface area (Å²) in [4.78, 5) is 15.5. The van der Waals surface area contributed by atoms with E-state index in [1.807, 2.05) is 0 Å². The van der Waals surface area contributed by atoms with Gasteiger partial charge < -0.3 is 15.8 Å². The van der Waals surface area contributed by atoms with Crippen LogP contribution in [0.1, 0.15) is 5.82 Å². The first kappa shape index (κ1) is 10.1. The molecule has 1 aromatic heterocycles. The van der Waals surface area contributed by atoms with Crippen LogP contribution in [0.5, 0.6) is 0 Å². The van der Waals surface area contributed by atoms with Crippen molar-refractivity contribution in [2.24, 2.45) is 11.7 Å². The molecule has 2 heterocycles. The molecule has 2 rings (SSSR count). The lowest BCUT2D eigenvalue weighted by molar-refractivity contribution is -0.125. The number of ether oxygens (including phenoxy) is 1. The van der Waals surface area contributed by atoms with Crippen molar-refractivity contribution in [2.45, 2.75) is 12.6 Å². The van der Waals surface area contributed by atoms with Crippen molar-refractivity contribution in [2.75, 3.05) is 13.2 Å². The molecule has 4 N–H and O–H groups in total. The third-order valence-electron chi connectivity index (χ3n) is 2.36. The lowest BCUT2D eigenvalue weighted by atomic mass is 10.0. The lowest BCUT2D eigenvalue weighted by Crippen LogP contribution is -2.40. The molecule has 1 aliphatic heterocycles. The van der Waals surface area contributed by atoms with E-state index in [2.05, 4.69) is 20.5 Å². The van der Waals surface area contributed by atoms with Gasteiger partial charge in [0.15, 0.2) is 0 Å². The maximum absolute atomic E-state index is 11.6. The molecule has 1 saturated heterocycles. The third kappa shape index (κ3) is 2.31. The molecule has 1 fully saturated rings. The van der Waals surface area contributed by atoms with Crippen LogP contribution in [0.2, 0.25) is 0 Å². The zero-order valence-corrected chi connectivity index (χ0v) is 8.14. The van der Waals surface area contributed by atoms with Crippen molar-refractivity contribution in [3.05, 3.63) is 12.2 Å². The SMILES string of the molecule is NC1COCC1C(=O)NCc1ncn[nH]1. The topological polar surface area (TPSA) is 106 Å². The molecule has 7 heteroatoms. The van der Waals surface area contributed by atoms with E-state index in [1.165, 1.54) is 6.33 Å². The van der Waals surface area contributed by atoms with Crippen LogP contribution >= 0.6 is 0 Å². The van der Waals surface area contributed by atoms with Gasteiger partial charge in [-0.05, 0) is 0 Å². The summed E-state index contributed by atoms with van der Waals surface area (Å²) in [5.41, 5.74) is 5.71. The van der Waals surface area contributed by atoms with Crippen LogP contribution in [-0.2, 0) is 16.1 Å². The fraction of sp³-hybridized carbons (Fsp3) is 0.625. The van der Waals surface area contributed by atoms with Gasteiger partial charge in [0.1, 0.15) is 12.2 Å². The number of hydrogen-bond acceptors (Lipinski definition) is 5. The number of nitrogens with one attached hydrogen (secondary N) is 2. The molecule has 0 aromatic carbocycles. The smallest absolute Gasteiger partial charge is 0.227 e. The van der Waals surface area contributed by atoms with Gasteiger partial charge >= 0.3 is 0 Å². The zero-order chi connectivity index (χ0) is 10.7. The highest BCUT2D eigenvalue weighted by Gasteiger charge is 2.31. The van der Waals surface area contributed by atoms with E-state index in [4.69, 9.17) is 10.5 Å². The first-order chi connectivity index (χ1) is 7.27. The van der Waals surface area contributed by atoms with E-state index in [-0.39, 0.29) is 17.9 Å². The Labute approximate surface area is 86.4 Å². The summed E-state index contributed by atoms with van der Waals surface area (Å²) in [5, 5.41) is 9.06. The maximum atomic E-state index is 11.6. The molecule has 1 aromatic rings. The average Bonchev–Trinajstić information content (AvgIpc) is 2.84. The van der Waals surface area contributed by atoms with E-state index in [1.54, 1.807) is 0 Å². The molecule has 7 nitrogen and oxygen atoms in total. The normalized spacial score (nSPS) is 25.4. The maximum Gasteiger partial charge on any atom is 0.227 e. The molecular weight excluding hydrogens is 198 g/mol. The van der Waals surface area contributed by atoms with Crippen LogP contribution < -0.4 is 11.1 Å². The second-order valence-electron chi connectivity index (χ2n) is 3.46. The minimum atomic E-state index is -0.257. The molecule has 0 aliphatic carbocycles. The van der Waals surface area contributed by atoms with E-state index >= 15 is 0 Å². The molecule has 0 saturated carbocycles. The Hall–Kier alpha value is -1.47. The molecule has 2 unspecified atom stereocenters. The van der Waals surface area contributed by atoms with Crippen LogP contribution in [0, 0.1) is 5.92 Å². The number of aromatic amines is 1. The van der Waals surface area contributed by atoms with Gasteiger partial charge in [-0.3, -0.25) is 9.89 Å². The van der Waals surface area contributed by atoms with Gasteiger partial charge in [-0.1, -0.05) is 0 Å². The molecule has 82 valence electrons. The summed E-state index contributed by atoms with van der Waals surface area (Å²) in [6.07, 6.45) is 1.39. The molecule has 0 spiro atoms. The van der Waals surface area contributed by atoms with Gasteiger partial charge in [0, 0.05) is 6.04 Å². The fourth-order valence-electron chi connectivity index (χ4n) is 1.46. The predicted molar refractivity (Wildman–Crippen MR) is 50.5 cm³/mol. The van der Waals surface area contributed by atoms with Crippen molar-refractivity contribution in [3.63, 3.8) is 0 Å². The van der Waals surface area contributed by atoms with Crippen molar-refractivity contribution < 1.29 is 9.53 Å². The zero-order valence-electron chi connectivity index (χ0n) is 8.14. The number of nitrogens with two attached hydrogens (primary N) is 1. The summed E-state index contributed by atoms with van der Waals surface area (Å²) in [6.45, 7) is 1.17. The molecule has 15 heavy (non-hydrogen) atoms. The number of rotatable bonds is 3. The summed E-state index contributed by atoms with van der Waals surface area (Å²) < 4.78 is 5.11. The number of H-pyrrole nitrogens is 1. The molecule has 1 amide bonds. The minimum absolute atomic E-state index is 0.101.